The molecule has 0 amide bonds. The minimum atomic E-state index is 0.613. The summed E-state index contributed by atoms with van der Waals surface area (Å²) in [5, 5.41) is 3.58. The van der Waals surface area contributed by atoms with Crippen LogP contribution >= 0.6 is 0 Å². The molecule has 3 atom stereocenters. The Bertz CT molecular complexity index is 381. The van der Waals surface area contributed by atoms with E-state index in [1.807, 2.05) is 13.1 Å². The molecular weight excluding hydrogens is 224 g/mol. The molecule has 1 saturated carbocycles. The monoisotopic (exact) mass is 248 g/mol. The van der Waals surface area contributed by atoms with Gasteiger partial charge in [-0.2, -0.15) is 0 Å². The molecule has 1 aliphatic carbocycles. The molecular formula is C15H24N2O. The van der Waals surface area contributed by atoms with Crippen molar-refractivity contribution >= 4 is 0 Å². The van der Waals surface area contributed by atoms with Crippen molar-refractivity contribution in [2.75, 3.05) is 13.2 Å². The maximum absolute atomic E-state index is 5.54. The molecule has 0 bridgehead atoms. The van der Waals surface area contributed by atoms with Crippen LogP contribution in [0.15, 0.2) is 18.5 Å². The molecule has 0 radical (unpaired) electrons. The van der Waals surface area contributed by atoms with Crippen molar-refractivity contribution in [3.05, 3.63) is 24.0 Å². The number of nitrogens with one attached hydrogen (secondary N) is 1. The number of ether oxygens (including phenoxy) is 1. The molecule has 0 aliphatic heterocycles. The highest BCUT2D eigenvalue weighted by molar-refractivity contribution is 5.28. The first-order chi connectivity index (χ1) is 8.76. The summed E-state index contributed by atoms with van der Waals surface area (Å²) < 4.78 is 5.54. The molecule has 1 fully saturated rings. The third-order valence-electron chi connectivity index (χ3n) is 4.00. The average molecular weight is 248 g/mol. The van der Waals surface area contributed by atoms with Gasteiger partial charge in [0.25, 0.3) is 0 Å². The van der Waals surface area contributed by atoms with E-state index in [0.717, 1.165) is 12.3 Å². The highest BCUT2D eigenvalue weighted by Crippen LogP contribution is 2.39. The summed E-state index contributed by atoms with van der Waals surface area (Å²) in [5.74, 6) is 2.18. The fourth-order valence-electron chi connectivity index (χ4n) is 3.07. The smallest absolute Gasteiger partial charge is 0.137 e. The first-order valence-electron chi connectivity index (χ1n) is 7.07. The van der Waals surface area contributed by atoms with E-state index < -0.39 is 0 Å². The first-order valence-corrected chi connectivity index (χ1v) is 7.07. The molecule has 0 spiro atoms. The first kappa shape index (κ1) is 13.3. The van der Waals surface area contributed by atoms with Crippen molar-refractivity contribution in [3.8, 4) is 5.75 Å². The molecule has 0 aromatic carbocycles. The summed E-state index contributed by atoms with van der Waals surface area (Å²) >= 11 is 0. The maximum atomic E-state index is 5.54. The Morgan fingerprint density at radius 2 is 2.17 bits per heavy atom. The highest BCUT2D eigenvalue weighted by atomic mass is 16.5. The van der Waals surface area contributed by atoms with Crippen LogP contribution in [0.2, 0.25) is 0 Å². The molecule has 1 N–H and O–H groups in total. The number of hydrogen-bond acceptors (Lipinski definition) is 3. The molecule has 3 unspecified atom stereocenters. The van der Waals surface area contributed by atoms with Crippen molar-refractivity contribution in [2.24, 2.45) is 5.92 Å². The minimum absolute atomic E-state index is 0.613. The summed E-state index contributed by atoms with van der Waals surface area (Å²) in [4.78, 5) is 4.31. The lowest BCUT2D eigenvalue weighted by atomic mass is 9.90. The number of rotatable bonds is 5. The average Bonchev–Trinajstić information content (AvgIpc) is 2.73. The van der Waals surface area contributed by atoms with Crippen LogP contribution in [0.5, 0.6) is 5.75 Å². The minimum Gasteiger partial charge on any atom is -0.492 e. The van der Waals surface area contributed by atoms with Gasteiger partial charge < -0.3 is 10.1 Å². The van der Waals surface area contributed by atoms with Gasteiger partial charge in [-0.05, 0) is 49.8 Å². The van der Waals surface area contributed by atoms with Gasteiger partial charge >= 0.3 is 0 Å². The van der Waals surface area contributed by atoms with Gasteiger partial charge in [-0.15, -0.1) is 0 Å². The standard InChI is InChI=1S/C15H24N2O/c1-4-17-15-7-6-14(11(15)3)12-8-13(18-5-2)10-16-9-12/h8-11,14-15,17H,4-7H2,1-3H3. The van der Waals surface area contributed by atoms with Gasteiger partial charge in [0.2, 0.25) is 0 Å². The summed E-state index contributed by atoms with van der Waals surface area (Å²) in [6, 6.07) is 2.81. The molecule has 3 nitrogen and oxygen atoms in total. The molecule has 3 heteroatoms. The quantitative estimate of drug-likeness (QED) is 0.870. The van der Waals surface area contributed by atoms with E-state index >= 15 is 0 Å². The van der Waals surface area contributed by atoms with Crippen molar-refractivity contribution in [1.82, 2.24) is 10.3 Å². The molecule has 18 heavy (non-hydrogen) atoms. The molecule has 0 saturated heterocycles. The van der Waals surface area contributed by atoms with E-state index in [1.54, 1.807) is 6.20 Å². The number of nitrogens with zero attached hydrogens (tertiary/aromatic N) is 1. The Hall–Kier alpha value is -1.09. The van der Waals surface area contributed by atoms with Gasteiger partial charge in [-0.1, -0.05) is 13.8 Å². The van der Waals surface area contributed by atoms with E-state index in [1.165, 1.54) is 18.4 Å². The van der Waals surface area contributed by atoms with Crippen molar-refractivity contribution < 1.29 is 4.74 Å². The summed E-state index contributed by atoms with van der Waals surface area (Å²) in [7, 11) is 0. The van der Waals surface area contributed by atoms with E-state index in [-0.39, 0.29) is 0 Å². The van der Waals surface area contributed by atoms with E-state index in [9.17, 15) is 0 Å². The van der Waals surface area contributed by atoms with E-state index in [0.29, 0.717) is 24.5 Å². The predicted molar refractivity (Wildman–Crippen MR) is 74.0 cm³/mol. The van der Waals surface area contributed by atoms with Crippen LogP contribution in [0.1, 0.15) is 45.1 Å². The second kappa shape index (κ2) is 6.19. The van der Waals surface area contributed by atoms with Crippen LogP contribution in [0.3, 0.4) is 0 Å². The third kappa shape index (κ3) is 2.83. The Morgan fingerprint density at radius 3 is 2.89 bits per heavy atom. The lowest BCUT2D eigenvalue weighted by Crippen LogP contribution is -2.32. The van der Waals surface area contributed by atoms with E-state index in [2.05, 4.69) is 30.2 Å². The van der Waals surface area contributed by atoms with Crippen LogP contribution in [-0.2, 0) is 0 Å². The Labute approximate surface area is 110 Å². The molecule has 100 valence electrons. The van der Waals surface area contributed by atoms with Crippen molar-refractivity contribution in [2.45, 2.75) is 45.6 Å². The summed E-state index contributed by atoms with van der Waals surface area (Å²) in [5.41, 5.74) is 1.33. The van der Waals surface area contributed by atoms with Gasteiger partial charge in [-0.25, -0.2) is 0 Å². The summed E-state index contributed by atoms with van der Waals surface area (Å²) in [6.07, 6.45) is 6.31. The molecule has 2 rings (SSSR count). The predicted octanol–water partition coefficient (Wildman–Crippen LogP) is 2.97. The topological polar surface area (TPSA) is 34.2 Å². The zero-order valence-corrected chi connectivity index (χ0v) is 11.6. The van der Waals surface area contributed by atoms with Crippen LogP contribution in [0, 0.1) is 5.92 Å². The normalized spacial score (nSPS) is 27.4. The van der Waals surface area contributed by atoms with Crippen molar-refractivity contribution in [1.29, 1.82) is 0 Å². The number of hydrogen-bond donors (Lipinski definition) is 1. The Morgan fingerprint density at radius 1 is 1.33 bits per heavy atom. The summed E-state index contributed by atoms with van der Waals surface area (Å²) in [6.45, 7) is 8.28. The van der Waals surface area contributed by atoms with Crippen LogP contribution < -0.4 is 10.1 Å². The van der Waals surface area contributed by atoms with Crippen LogP contribution in [0.4, 0.5) is 0 Å². The fraction of sp³-hybridized carbons (Fsp3) is 0.667. The zero-order chi connectivity index (χ0) is 13.0. The largest absolute Gasteiger partial charge is 0.492 e. The Kier molecular flexibility index (Phi) is 4.59. The Balaban J connectivity index is 2.09. The second-order valence-electron chi connectivity index (χ2n) is 5.09. The van der Waals surface area contributed by atoms with Gasteiger partial charge in [0.05, 0.1) is 12.8 Å². The second-order valence-corrected chi connectivity index (χ2v) is 5.09. The lowest BCUT2D eigenvalue weighted by molar-refractivity contribution is 0.337. The molecule has 1 heterocycles. The molecule has 1 aromatic heterocycles. The van der Waals surface area contributed by atoms with Gasteiger partial charge in [0.15, 0.2) is 0 Å². The van der Waals surface area contributed by atoms with Gasteiger partial charge in [-0.3, -0.25) is 4.98 Å². The van der Waals surface area contributed by atoms with Crippen LogP contribution in [-0.4, -0.2) is 24.2 Å². The highest BCUT2D eigenvalue weighted by Gasteiger charge is 2.33. The maximum Gasteiger partial charge on any atom is 0.137 e. The fourth-order valence-corrected chi connectivity index (χ4v) is 3.07. The van der Waals surface area contributed by atoms with E-state index in [4.69, 9.17) is 4.74 Å². The van der Waals surface area contributed by atoms with Crippen LogP contribution in [0.25, 0.3) is 0 Å². The SMILES string of the molecule is CCNC1CCC(c2cncc(OCC)c2)C1C. The number of aromatic nitrogens is 1. The molecule has 1 aliphatic rings. The van der Waals surface area contributed by atoms with Gasteiger partial charge in [0, 0.05) is 12.2 Å². The number of pyridine rings is 1. The lowest BCUT2D eigenvalue weighted by Gasteiger charge is -2.21. The molecule has 1 aromatic rings. The van der Waals surface area contributed by atoms with Gasteiger partial charge in [0.1, 0.15) is 5.75 Å². The van der Waals surface area contributed by atoms with Crippen molar-refractivity contribution in [3.63, 3.8) is 0 Å². The zero-order valence-electron chi connectivity index (χ0n) is 11.6. The third-order valence-corrected chi connectivity index (χ3v) is 4.00.